The van der Waals surface area contributed by atoms with Gasteiger partial charge in [-0.05, 0) is 37.0 Å². The van der Waals surface area contributed by atoms with Crippen molar-refractivity contribution in [1.29, 1.82) is 0 Å². The summed E-state index contributed by atoms with van der Waals surface area (Å²) >= 11 is 5.78. The van der Waals surface area contributed by atoms with Gasteiger partial charge in [-0.2, -0.15) is 0 Å². The van der Waals surface area contributed by atoms with E-state index in [1.165, 1.54) is 18.2 Å². The van der Waals surface area contributed by atoms with Crippen LogP contribution in [0.25, 0.3) is 0 Å². The molecule has 108 valence electrons. The number of carboxylic acid groups (broad SMARTS) is 1. The van der Waals surface area contributed by atoms with Crippen molar-refractivity contribution in [3.05, 3.63) is 28.8 Å². The van der Waals surface area contributed by atoms with Gasteiger partial charge in [0.1, 0.15) is 5.75 Å². The van der Waals surface area contributed by atoms with Crippen LogP contribution in [-0.2, 0) is 4.79 Å². The van der Waals surface area contributed by atoms with Crippen molar-refractivity contribution in [2.45, 2.75) is 19.3 Å². The normalized spacial score (nSPS) is 21.6. The summed E-state index contributed by atoms with van der Waals surface area (Å²) in [5, 5.41) is 21.7. The van der Waals surface area contributed by atoms with Crippen molar-refractivity contribution in [2.75, 3.05) is 6.54 Å². The summed E-state index contributed by atoms with van der Waals surface area (Å²) in [6, 6.07) is 4.23. The number of aromatic hydroxyl groups is 1. The Morgan fingerprint density at radius 1 is 1.35 bits per heavy atom. The first kappa shape index (κ1) is 14.7. The fourth-order valence-corrected chi connectivity index (χ4v) is 2.79. The molecule has 5 nitrogen and oxygen atoms in total. The van der Waals surface area contributed by atoms with Gasteiger partial charge in [-0.25, -0.2) is 0 Å². The minimum Gasteiger partial charge on any atom is -0.507 e. The summed E-state index contributed by atoms with van der Waals surface area (Å²) in [5.74, 6) is -1.86. The van der Waals surface area contributed by atoms with Gasteiger partial charge in [-0.1, -0.05) is 18.0 Å². The topological polar surface area (TPSA) is 86.6 Å². The molecule has 20 heavy (non-hydrogen) atoms. The van der Waals surface area contributed by atoms with Crippen LogP contribution >= 0.6 is 11.6 Å². The molecule has 1 aliphatic rings. The lowest BCUT2D eigenvalue weighted by Gasteiger charge is -2.16. The lowest BCUT2D eigenvalue weighted by Crippen LogP contribution is -2.33. The number of amides is 1. The van der Waals surface area contributed by atoms with Crippen LogP contribution in [0.3, 0.4) is 0 Å². The third kappa shape index (κ3) is 3.22. The van der Waals surface area contributed by atoms with E-state index in [2.05, 4.69) is 5.32 Å². The number of phenols is 1. The molecule has 2 unspecified atom stereocenters. The predicted octanol–water partition coefficient (Wildman–Crippen LogP) is 2.28. The maximum absolute atomic E-state index is 12.0. The molecule has 3 N–H and O–H groups in total. The van der Waals surface area contributed by atoms with Crippen molar-refractivity contribution in [3.63, 3.8) is 0 Å². The summed E-state index contributed by atoms with van der Waals surface area (Å²) in [6.07, 6.45) is 2.30. The molecule has 2 rings (SSSR count). The quantitative estimate of drug-likeness (QED) is 0.795. The molecule has 1 fully saturated rings. The van der Waals surface area contributed by atoms with Gasteiger partial charge in [0.15, 0.2) is 0 Å². The van der Waals surface area contributed by atoms with Gasteiger partial charge < -0.3 is 15.5 Å². The van der Waals surface area contributed by atoms with Crippen LogP contribution in [0.1, 0.15) is 29.6 Å². The van der Waals surface area contributed by atoms with Crippen LogP contribution in [0.15, 0.2) is 18.2 Å². The number of phenolic OH excluding ortho intramolecular Hbond substituents is 1. The smallest absolute Gasteiger partial charge is 0.306 e. The molecule has 1 amide bonds. The maximum atomic E-state index is 12.0. The van der Waals surface area contributed by atoms with Crippen molar-refractivity contribution >= 4 is 23.5 Å². The first-order chi connectivity index (χ1) is 9.49. The van der Waals surface area contributed by atoms with Crippen LogP contribution < -0.4 is 5.32 Å². The van der Waals surface area contributed by atoms with Crippen LogP contribution in [0, 0.1) is 11.8 Å². The van der Waals surface area contributed by atoms with Crippen molar-refractivity contribution in [3.8, 4) is 5.75 Å². The second-order valence-corrected chi connectivity index (χ2v) is 5.44. The highest BCUT2D eigenvalue weighted by atomic mass is 35.5. The average Bonchev–Trinajstić information content (AvgIpc) is 2.87. The standard InChI is InChI=1S/C14H16ClNO4/c15-9-4-5-12(17)11(6-9)13(18)16-7-8-2-1-3-10(8)14(19)20/h4-6,8,10,17H,1-3,7H2,(H,16,18)(H,19,20). The van der Waals surface area contributed by atoms with Gasteiger partial charge in [0.05, 0.1) is 11.5 Å². The highest BCUT2D eigenvalue weighted by molar-refractivity contribution is 6.31. The van der Waals surface area contributed by atoms with E-state index in [-0.39, 0.29) is 17.2 Å². The minimum absolute atomic E-state index is 0.0576. The number of nitrogens with one attached hydrogen (secondary N) is 1. The van der Waals surface area contributed by atoms with Gasteiger partial charge in [0.2, 0.25) is 0 Å². The molecule has 1 aromatic carbocycles. The molecule has 1 saturated carbocycles. The molecule has 0 saturated heterocycles. The molecule has 0 radical (unpaired) electrons. The number of hydrogen-bond donors (Lipinski definition) is 3. The molecule has 0 heterocycles. The maximum Gasteiger partial charge on any atom is 0.306 e. The third-order valence-electron chi connectivity index (χ3n) is 3.70. The Labute approximate surface area is 121 Å². The number of carboxylic acids is 1. The number of carbonyl (C=O) groups excluding carboxylic acids is 1. The summed E-state index contributed by atoms with van der Waals surface area (Å²) in [4.78, 5) is 23.0. The summed E-state index contributed by atoms with van der Waals surface area (Å²) in [7, 11) is 0. The molecule has 0 aliphatic heterocycles. The fourth-order valence-electron chi connectivity index (χ4n) is 2.62. The van der Waals surface area contributed by atoms with Gasteiger partial charge in [-0.15, -0.1) is 0 Å². The number of benzene rings is 1. The number of aliphatic carboxylic acids is 1. The van der Waals surface area contributed by atoms with E-state index in [1.54, 1.807) is 0 Å². The lowest BCUT2D eigenvalue weighted by atomic mass is 9.96. The molecule has 1 aromatic rings. The zero-order chi connectivity index (χ0) is 14.7. The highest BCUT2D eigenvalue weighted by Gasteiger charge is 2.33. The van der Waals surface area contributed by atoms with Gasteiger partial charge in [0, 0.05) is 11.6 Å². The Bertz CT molecular complexity index is 532. The first-order valence-corrected chi connectivity index (χ1v) is 6.86. The zero-order valence-corrected chi connectivity index (χ0v) is 11.6. The van der Waals surface area contributed by atoms with E-state index in [0.29, 0.717) is 18.0 Å². The lowest BCUT2D eigenvalue weighted by molar-refractivity contribution is -0.142. The third-order valence-corrected chi connectivity index (χ3v) is 3.94. The number of halogens is 1. The van der Waals surface area contributed by atoms with E-state index < -0.39 is 17.8 Å². The van der Waals surface area contributed by atoms with Gasteiger partial charge in [0.25, 0.3) is 5.91 Å². The van der Waals surface area contributed by atoms with Gasteiger partial charge in [-0.3, -0.25) is 9.59 Å². The first-order valence-electron chi connectivity index (χ1n) is 6.48. The van der Waals surface area contributed by atoms with Crippen molar-refractivity contribution < 1.29 is 19.8 Å². The molecular weight excluding hydrogens is 282 g/mol. The molecule has 6 heteroatoms. The second kappa shape index (κ2) is 6.13. The monoisotopic (exact) mass is 297 g/mol. The minimum atomic E-state index is -0.813. The Kier molecular flexibility index (Phi) is 4.49. The largest absolute Gasteiger partial charge is 0.507 e. The van der Waals surface area contributed by atoms with E-state index in [1.807, 2.05) is 0 Å². The Hall–Kier alpha value is -1.75. The second-order valence-electron chi connectivity index (χ2n) is 5.01. The Balaban J connectivity index is 1.98. The van der Waals surface area contributed by atoms with Crippen molar-refractivity contribution in [1.82, 2.24) is 5.32 Å². The molecular formula is C14H16ClNO4. The predicted molar refractivity (Wildman–Crippen MR) is 73.9 cm³/mol. The van der Waals surface area contributed by atoms with Crippen LogP contribution in [-0.4, -0.2) is 28.6 Å². The van der Waals surface area contributed by atoms with E-state index in [0.717, 1.165) is 12.8 Å². The zero-order valence-electron chi connectivity index (χ0n) is 10.8. The van der Waals surface area contributed by atoms with Crippen LogP contribution in [0.2, 0.25) is 5.02 Å². The Morgan fingerprint density at radius 2 is 2.10 bits per heavy atom. The SMILES string of the molecule is O=C(NCC1CCCC1C(=O)O)c1cc(Cl)ccc1O. The van der Waals surface area contributed by atoms with E-state index in [9.17, 15) is 14.7 Å². The average molecular weight is 298 g/mol. The summed E-state index contributed by atoms with van der Waals surface area (Å²) in [6.45, 7) is 0.293. The molecule has 2 atom stereocenters. The number of carbonyl (C=O) groups is 2. The molecule has 1 aliphatic carbocycles. The highest BCUT2D eigenvalue weighted by Crippen LogP contribution is 2.31. The molecule has 0 bridgehead atoms. The molecule has 0 aromatic heterocycles. The van der Waals surface area contributed by atoms with E-state index in [4.69, 9.17) is 16.7 Å². The van der Waals surface area contributed by atoms with Crippen LogP contribution in [0.5, 0.6) is 5.75 Å². The Morgan fingerprint density at radius 3 is 2.80 bits per heavy atom. The van der Waals surface area contributed by atoms with Gasteiger partial charge >= 0.3 is 5.97 Å². The summed E-state index contributed by atoms with van der Waals surface area (Å²) in [5.41, 5.74) is 0.0994. The molecule has 0 spiro atoms. The van der Waals surface area contributed by atoms with E-state index >= 15 is 0 Å². The van der Waals surface area contributed by atoms with Crippen molar-refractivity contribution in [2.24, 2.45) is 11.8 Å². The fraction of sp³-hybridized carbons (Fsp3) is 0.429. The van der Waals surface area contributed by atoms with Crippen LogP contribution in [0.4, 0.5) is 0 Å². The number of hydrogen-bond acceptors (Lipinski definition) is 3. The number of rotatable bonds is 4. The summed E-state index contributed by atoms with van der Waals surface area (Å²) < 4.78 is 0.